The fourth-order valence-electron chi connectivity index (χ4n) is 1.78. The minimum absolute atomic E-state index is 0. The first-order valence-electron chi connectivity index (χ1n) is 6.13. The van der Waals surface area contributed by atoms with Crippen LogP contribution < -0.4 is 10.5 Å². The van der Waals surface area contributed by atoms with E-state index in [1.165, 1.54) is 23.0 Å². The van der Waals surface area contributed by atoms with Crippen LogP contribution in [-0.2, 0) is 0 Å². The fourth-order valence-corrected chi connectivity index (χ4v) is 1.92. The number of nitrogens with zero attached hydrogens (tertiary/aromatic N) is 3. The van der Waals surface area contributed by atoms with Gasteiger partial charge in [-0.2, -0.15) is 5.10 Å². The smallest absolute Gasteiger partial charge is 0.256 e. The van der Waals surface area contributed by atoms with Gasteiger partial charge in [0.25, 0.3) is 5.88 Å². The zero-order chi connectivity index (χ0) is 15.7. The molecule has 3 rings (SSSR count). The van der Waals surface area contributed by atoms with Crippen LogP contribution in [0.15, 0.2) is 42.7 Å². The van der Waals surface area contributed by atoms with Crippen LogP contribution in [-0.4, -0.2) is 14.8 Å². The van der Waals surface area contributed by atoms with E-state index in [4.69, 9.17) is 22.1 Å². The number of benzene rings is 1. The van der Waals surface area contributed by atoms with Crippen LogP contribution in [0.4, 0.5) is 14.6 Å². The number of ether oxygens (including phenoxy) is 1. The number of halogens is 4. The van der Waals surface area contributed by atoms with Crippen LogP contribution in [0.2, 0.25) is 5.02 Å². The maximum atomic E-state index is 14.1. The summed E-state index contributed by atoms with van der Waals surface area (Å²) >= 11 is 5.59. The highest BCUT2D eigenvalue weighted by Gasteiger charge is 2.12. The lowest BCUT2D eigenvalue weighted by Gasteiger charge is -2.08. The molecule has 1 aromatic carbocycles. The van der Waals surface area contributed by atoms with Crippen LogP contribution in [0, 0.1) is 11.6 Å². The lowest BCUT2D eigenvalue weighted by Crippen LogP contribution is -1.99. The average molecular weight is 359 g/mol. The molecule has 0 atom stereocenters. The summed E-state index contributed by atoms with van der Waals surface area (Å²) in [5.74, 6) is -1.69. The molecule has 2 N–H and O–H groups in total. The van der Waals surface area contributed by atoms with Crippen molar-refractivity contribution in [1.82, 2.24) is 14.8 Å². The van der Waals surface area contributed by atoms with Crippen molar-refractivity contribution in [2.75, 3.05) is 5.73 Å². The molecule has 0 spiro atoms. The SMILES string of the molecule is Cl.Nc1ccn(-c2ccc(Oc3ncc(Cl)cc3F)c(F)c2)n1. The van der Waals surface area contributed by atoms with Crippen molar-refractivity contribution >= 4 is 29.8 Å². The molecule has 0 bridgehead atoms. The molecule has 0 unspecified atom stereocenters. The molecule has 0 radical (unpaired) electrons. The van der Waals surface area contributed by atoms with Gasteiger partial charge < -0.3 is 10.5 Å². The summed E-state index contributed by atoms with van der Waals surface area (Å²) in [5, 5.41) is 4.08. The minimum atomic E-state index is -0.782. The Morgan fingerprint density at radius 2 is 1.91 bits per heavy atom. The summed E-state index contributed by atoms with van der Waals surface area (Å²) in [6.07, 6.45) is 2.80. The number of hydrogen-bond donors (Lipinski definition) is 1. The maximum absolute atomic E-state index is 14.1. The Balaban J connectivity index is 0.00000192. The summed E-state index contributed by atoms with van der Waals surface area (Å²) in [6, 6.07) is 6.70. The second kappa shape index (κ2) is 6.80. The molecule has 3 aromatic rings. The molecule has 2 heterocycles. The van der Waals surface area contributed by atoms with Crippen molar-refractivity contribution in [3.8, 4) is 17.3 Å². The molecule has 0 saturated carbocycles. The van der Waals surface area contributed by atoms with Crippen molar-refractivity contribution in [1.29, 1.82) is 0 Å². The van der Waals surface area contributed by atoms with Gasteiger partial charge in [-0.15, -0.1) is 12.4 Å². The lowest BCUT2D eigenvalue weighted by atomic mass is 10.3. The molecular weight excluding hydrogens is 349 g/mol. The third kappa shape index (κ3) is 3.69. The standard InChI is InChI=1S/C14H9ClF2N4O.ClH/c15-8-5-11(17)14(19-7-8)22-12-2-1-9(6-10(12)16)21-4-3-13(18)20-21;/h1-7H,(H2,18,20);1H. The summed E-state index contributed by atoms with van der Waals surface area (Å²) < 4.78 is 34.2. The second-order valence-corrected chi connectivity index (χ2v) is 4.78. The number of aromatic nitrogens is 3. The number of anilines is 1. The molecule has 9 heteroatoms. The van der Waals surface area contributed by atoms with Gasteiger partial charge in [0.15, 0.2) is 17.4 Å². The molecule has 5 nitrogen and oxygen atoms in total. The second-order valence-electron chi connectivity index (χ2n) is 4.34. The molecule has 0 aliphatic rings. The molecule has 0 amide bonds. The van der Waals surface area contributed by atoms with Crippen molar-refractivity contribution in [2.45, 2.75) is 0 Å². The van der Waals surface area contributed by atoms with Crippen LogP contribution >= 0.6 is 24.0 Å². The molecule has 0 aliphatic heterocycles. The largest absolute Gasteiger partial charge is 0.433 e. The highest BCUT2D eigenvalue weighted by molar-refractivity contribution is 6.30. The average Bonchev–Trinajstić information content (AvgIpc) is 2.90. The Bertz CT molecular complexity index is 841. The third-order valence-corrected chi connectivity index (χ3v) is 2.98. The van der Waals surface area contributed by atoms with Crippen LogP contribution in [0.1, 0.15) is 0 Å². The Kier molecular flexibility index (Phi) is 5.02. The summed E-state index contributed by atoms with van der Waals surface area (Å²) in [6.45, 7) is 0. The van der Waals surface area contributed by atoms with Crippen LogP contribution in [0.25, 0.3) is 5.69 Å². The van der Waals surface area contributed by atoms with Crippen molar-refractivity contribution in [2.24, 2.45) is 0 Å². The molecular formula is C14H10Cl2F2N4O. The molecule has 2 aromatic heterocycles. The first kappa shape index (κ1) is 17.0. The van der Waals surface area contributed by atoms with E-state index in [1.54, 1.807) is 18.3 Å². The third-order valence-electron chi connectivity index (χ3n) is 2.77. The van der Waals surface area contributed by atoms with Gasteiger partial charge in [-0.05, 0) is 18.2 Å². The first-order valence-corrected chi connectivity index (χ1v) is 6.51. The van der Waals surface area contributed by atoms with E-state index in [0.29, 0.717) is 11.5 Å². The zero-order valence-electron chi connectivity index (χ0n) is 11.4. The van der Waals surface area contributed by atoms with E-state index in [0.717, 1.165) is 6.07 Å². The van der Waals surface area contributed by atoms with Gasteiger partial charge in [-0.3, -0.25) is 0 Å². The zero-order valence-corrected chi connectivity index (χ0v) is 13.0. The van der Waals surface area contributed by atoms with Crippen LogP contribution in [0.3, 0.4) is 0 Å². The molecule has 23 heavy (non-hydrogen) atoms. The molecule has 0 fully saturated rings. The van der Waals surface area contributed by atoms with Crippen molar-refractivity contribution < 1.29 is 13.5 Å². The number of nitrogen functional groups attached to an aromatic ring is 1. The van der Waals surface area contributed by atoms with E-state index >= 15 is 0 Å². The highest BCUT2D eigenvalue weighted by atomic mass is 35.5. The lowest BCUT2D eigenvalue weighted by molar-refractivity contribution is 0.398. The summed E-state index contributed by atoms with van der Waals surface area (Å²) in [5.41, 5.74) is 5.95. The minimum Gasteiger partial charge on any atom is -0.433 e. The topological polar surface area (TPSA) is 66.0 Å². The van der Waals surface area contributed by atoms with Gasteiger partial charge in [-0.1, -0.05) is 11.6 Å². The maximum Gasteiger partial charge on any atom is 0.256 e. The summed E-state index contributed by atoms with van der Waals surface area (Å²) in [7, 11) is 0. The van der Waals surface area contributed by atoms with E-state index in [1.807, 2.05) is 0 Å². The number of pyridine rings is 1. The number of hydrogen-bond acceptors (Lipinski definition) is 4. The van der Waals surface area contributed by atoms with Crippen molar-refractivity contribution in [3.05, 3.63) is 59.4 Å². The van der Waals surface area contributed by atoms with Gasteiger partial charge in [0, 0.05) is 24.5 Å². The molecule has 120 valence electrons. The van der Waals surface area contributed by atoms with Gasteiger partial charge in [0.2, 0.25) is 0 Å². The van der Waals surface area contributed by atoms with E-state index in [2.05, 4.69) is 10.1 Å². The Morgan fingerprint density at radius 3 is 2.52 bits per heavy atom. The quantitative estimate of drug-likeness (QED) is 0.768. The van der Waals surface area contributed by atoms with Gasteiger partial charge in [-0.25, -0.2) is 18.4 Å². The Labute approximate surface area is 141 Å². The van der Waals surface area contributed by atoms with Gasteiger partial charge in [0.05, 0.1) is 10.7 Å². The van der Waals surface area contributed by atoms with Gasteiger partial charge in [0.1, 0.15) is 5.82 Å². The van der Waals surface area contributed by atoms with Crippen LogP contribution in [0.5, 0.6) is 11.6 Å². The van der Waals surface area contributed by atoms with E-state index in [-0.39, 0.29) is 29.1 Å². The normalized spacial score (nSPS) is 10.2. The predicted octanol–water partition coefficient (Wildman–Crippen LogP) is 4.00. The van der Waals surface area contributed by atoms with Crippen molar-refractivity contribution in [3.63, 3.8) is 0 Å². The van der Waals surface area contributed by atoms with E-state index < -0.39 is 11.6 Å². The molecule has 0 aliphatic carbocycles. The highest BCUT2D eigenvalue weighted by Crippen LogP contribution is 2.27. The van der Waals surface area contributed by atoms with Gasteiger partial charge >= 0.3 is 0 Å². The van der Waals surface area contributed by atoms with E-state index in [9.17, 15) is 8.78 Å². The fraction of sp³-hybridized carbons (Fsp3) is 0. The molecule has 0 saturated heterocycles. The monoisotopic (exact) mass is 358 g/mol. The summed E-state index contributed by atoms with van der Waals surface area (Å²) in [4.78, 5) is 3.67. The first-order chi connectivity index (χ1) is 10.5. The predicted molar refractivity (Wildman–Crippen MR) is 84.5 cm³/mol. The number of rotatable bonds is 3. The Morgan fingerprint density at radius 1 is 1.13 bits per heavy atom. The number of nitrogens with two attached hydrogens (primary N) is 1. The Hall–Kier alpha value is -2.38.